The maximum atomic E-state index is 13.8. The van der Waals surface area contributed by atoms with Crippen molar-refractivity contribution in [1.82, 2.24) is 0 Å². The number of allylic oxidation sites excluding steroid dienone is 1. The van der Waals surface area contributed by atoms with Gasteiger partial charge in [-0.3, -0.25) is 0 Å². The van der Waals surface area contributed by atoms with Crippen molar-refractivity contribution in [2.24, 2.45) is 17.3 Å². The van der Waals surface area contributed by atoms with Crippen molar-refractivity contribution in [2.75, 3.05) is 13.7 Å². The Morgan fingerprint density at radius 1 is 0.768 bits per heavy atom. The number of ether oxygens (including phenoxy) is 6. The number of hydrogen-bond acceptors (Lipinski definition) is 9. The molecule has 2 fully saturated rings. The van der Waals surface area contributed by atoms with Gasteiger partial charge in [-0.15, -0.1) is 6.58 Å². The van der Waals surface area contributed by atoms with Gasteiger partial charge in [-0.25, -0.2) is 14.4 Å². The van der Waals surface area contributed by atoms with Crippen LogP contribution in [0.2, 0.25) is 0 Å². The van der Waals surface area contributed by atoms with Crippen LogP contribution in [0.4, 0.5) is 0 Å². The van der Waals surface area contributed by atoms with Gasteiger partial charge in [0.25, 0.3) is 0 Å². The average Bonchev–Trinajstić information content (AvgIpc) is 3.23. The lowest BCUT2D eigenvalue weighted by molar-refractivity contribution is -0.298. The minimum Gasteiger partial charge on any atom is -0.497 e. The molecule has 4 aromatic carbocycles. The van der Waals surface area contributed by atoms with E-state index in [1.54, 1.807) is 105 Å². The van der Waals surface area contributed by atoms with Gasteiger partial charge >= 0.3 is 17.9 Å². The fraction of sp³-hybridized carbons (Fsp3) is 0.383. The highest BCUT2D eigenvalue weighted by molar-refractivity contribution is 5.91. The summed E-state index contributed by atoms with van der Waals surface area (Å²) in [4.78, 5) is 41.1. The Labute approximate surface area is 328 Å². The Morgan fingerprint density at radius 3 is 1.88 bits per heavy atom. The molecule has 9 heteroatoms. The minimum atomic E-state index is -1.30. The van der Waals surface area contributed by atoms with Crippen LogP contribution in [-0.4, -0.2) is 62.3 Å². The van der Waals surface area contributed by atoms with Crippen LogP contribution in [0.3, 0.4) is 0 Å². The quantitative estimate of drug-likeness (QED) is 0.0797. The van der Waals surface area contributed by atoms with Crippen LogP contribution in [0.25, 0.3) is 0 Å². The van der Waals surface area contributed by atoms with Crippen molar-refractivity contribution in [1.29, 1.82) is 0 Å². The molecule has 0 radical (unpaired) electrons. The summed E-state index contributed by atoms with van der Waals surface area (Å²) >= 11 is 0. The molecule has 4 aromatic rings. The van der Waals surface area contributed by atoms with Gasteiger partial charge in [-0.1, -0.05) is 73.7 Å². The first-order chi connectivity index (χ1) is 27.2. The summed E-state index contributed by atoms with van der Waals surface area (Å²) in [6.45, 7) is 8.43. The van der Waals surface area contributed by atoms with Crippen LogP contribution in [0.5, 0.6) is 5.75 Å². The van der Waals surface area contributed by atoms with E-state index in [0.29, 0.717) is 23.0 Å². The first-order valence-corrected chi connectivity index (χ1v) is 19.5. The van der Waals surface area contributed by atoms with Crippen LogP contribution in [0.15, 0.2) is 122 Å². The van der Waals surface area contributed by atoms with Crippen LogP contribution < -0.4 is 4.74 Å². The maximum absolute atomic E-state index is 13.8. The zero-order valence-corrected chi connectivity index (χ0v) is 32.2. The molecular formula is C47H50O9. The second-order valence-electron chi connectivity index (χ2n) is 15.4. The number of rotatable bonds is 12. The van der Waals surface area contributed by atoms with Crippen molar-refractivity contribution >= 4 is 17.9 Å². The SMILES string of the molecule is C=CC[C@H]1[C@@H]2CCc3cc(OC)ccc3[C@H]2CC[C@]1(C)CO[C@@H]1O[C@@H](C)[C@H](OC(=O)c2ccccc2)[C@@H](OC(=O)c2ccccc2)[C@H]1OC(=O)c1ccccc1. The molecule has 292 valence electrons. The number of carbonyl (C=O) groups is 3. The van der Waals surface area contributed by atoms with E-state index in [0.717, 1.165) is 37.9 Å². The van der Waals surface area contributed by atoms with Crippen LogP contribution in [0, 0.1) is 17.3 Å². The highest BCUT2D eigenvalue weighted by atomic mass is 16.7. The second-order valence-corrected chi connectivity index (χ2v) is 15.4. The minimum absolute atomic E-state index is 0.256. The number of methoxy groups -OCH3 is 1. The van der Waals surface area contributed by atoms with Gasteiger partial charge in [0.15, 0.2) is 24.6 Å². The summed E-state index contributed by atoms with van der Waals surface area (Å²) in [5.74, 6) is -0.00466. The number of fused-ring (bicyclic) bond motifs is 3. The summed E-state index contributed by atoms with van der Waals surface area (Å²) in [5.41, 5.74) is 3.36. The largest absolute Gasteiger partial charge is 0.497 e. The van der Waals surface area contributed by atoms with Crippen LogP contribution in [-0.2, 0) is 30.1 Å². The molecule has 0 N–H and O–H groups in total. The van der Waals surface area contributed by atoms with Gasteiger partial charge in [0.2, 0.25) is 0 Å². The molecule has 7 rings (SSSR count). The van der Waals surface area contributed by atoms with Crippen molar-refractivity contribution in [2.45, 2.75) is 82.6 Å². The van der Waals surface area contributed by atoms with E-state index in [1.807, 2.05) is 6.08 Å². The van der Waals surface area contributed by atoms with Gasteiger partial charge in [0.05, 0.1) is 36.5 Å². The molecule has 0 bridgehead atoms. The van der Waals surface area contributed by atoms with E-state index in [1.165, 1.54) is 11.1 Å². The number of esters is 3. The molecule has 1 saturated carbocycles. The van der Waals surface area contributed by atoms with E-state index < -0.39 is 48.6 Å². The molecule has 3 aliphatic rings. The summed E-state index contributed by atoms with van der Waals surface area (Å²) in [5, 5.41) is 0. The Hall–Kier alpha value is -5.25. The van der Waals surface area contributed by atoms with Gasteiger partial charge in [0, 0.05) is 0 Å². The van der Waals surface area contributed by atoms with Crippen LogP contribution in [0.1, 0.15) is 87.6 Å². The Balaban J connectivity index is 1.19. The second kappa shape index (κ2) is 17.3. The summed E-state index contributed by atoms with van der Waals surface area (Å²) < 4.78 is 37.3. The number of aryl methyl sites for hydroxylation is 1. The molecule has 1 heterocycles. The summed E-state index contributed by atoms with van der Waals surface area (Å²) in [7, 11) is 1.70. The predicted octanol–water partition coefficient (Wildman–Crippen LogP) is 8.77. The van der Waals surface area contributed by atoms with E-state index >= 15 is 0 Å². The van der Waals surface area contributed by atoms with Gasteiger partial charge in [-0.2, -0.15) is 0 Å². The molecule has 1 aliphatic heterocycles. The Bertz CT molecular complexity index is 1980. The predicted molar refractivity (Wildman–Crippen MR) is 210 cm³/mol. The number of benzene rings is 4. The topological polar surface area (TPSA) is 107 Å². The monoisotopic (exact) mass is 758 g/mol. The maximum Gasteiger partial charge on any atom is 0.338 e. The normalized spacial score (nSPS) is 28.1. The molecule has 56 heavy (non-hydrogen) atoms. The van der Waals surface area contributed by atoms with Crippen molar-refractivity contribution < 1.29 is 42.8 Å². The van der Waals surface area contributed by atoms with Gasteiger partial charge < -0.3 is 28.4 Å². The average molecular weight is 759 g/mol. The fourth-order valence-corrected chi connectivity index (χ4v) is 9.00. The molecule has 9 nitrogen and oxygen atoms in total. The van der Waals surface area contributed by atoms with E-state index in [4.69, 9.17) is 28.4 Å². The molecule has 0 unspecified atom stereocenters. The molecule has 2 aliphatic carbocycles. The molecule has 0 spiro atoms. The molecule has 0 aromatic heterocycles. The van der Waals surface area contributed by atoms with E-state index in [2.05, 4.69) is 31.7 Å². The van der Waals surface area contributed by atoms with Crippen molar-refractivity contribution in [3.8, 4) is 5.75 Å². The summed E-state index contributed by atoms with van der Waals surface area (Å²) in [6.07, 6.45) is 1.01. The van der Waals surface area contributed by atoms with E-state index in [-0.39, 0.29) is 23.5 Å². The fourth-order valence-electron chi connectivity index (χ4n) is 9.00. The Morgan fingerprint density at radius 2 is 1.32 bits per heavy atom. The number of carbonyl (C=O) groups excluding carboxylic acids is 3. The number of hydrogen-bond donors (Lipinski definition) is 0. The van der Waals surface area contributed by atoms with Crippen molar-refractivity contribution in [3.05, 3.63) is 150 Å². The molecule has 1 saturated heterocycles. The van der Waals surface area contributed by atoms with Crippen molar-refractivity contribution in [3.63, 3.8) is 0 Å². The molecular weight excluding hydrogens is 709 g/mol. The molecule has 9 atom stereocenters. The Kier molecular flexibility index (Phi) is 12.0. The highest BCUT2D eigenvalue weighted by Gasteiger charge is 2.54. The first kappa shape index (κ1) is 39.0. The highest BCUT2D eigenvalue weighted by Crippen LogP contribution is 2.56. The zero-order chi connectivity index (χ0) is 39.2. The standard InChI is InChI=1S/C47H50O9/c1-5-15-39-38-24-22-34-28-35(51-4)23-25-36(34)37(38)26-27-47(39,3)29-52-46-42(56-45(50)33-20-13-8-14-21-33)41(55-44(49)32-18-11-7-12-19-32)40(30(2)53-46)54-43(48)31-16-9-6-10-17-31/h5-14,16-21,23,25,28,30,37-42,46H,1,15,22,24,26-27,29H2,2-4H3/t30-,37+,38+,39-,40-,41+,42+,46+,47+/m0/s1. The first-order valence-electron chi connectivity index (χ1n) is 19.5. The van der Waals surface area contributed by atoms with Gasteiger partial charge in [0.1, 0.15) is 5.75 Å². The lowest BCUT2D eigenvalue weighted by atomic mass is 9.54. The zero-order valence-electron chi connectivity index (χ0n) is 32.2. The smallest absolute Gasteiger partial charge is 0.338 e. The lowest BCUT2D eigenvalue weighted by Gasteiger charge is -2.52. The van der Waals surface area contributed by atoms with Crippen LogP contribution >= 0.6 is 0 Å². The summed E-state index contributed by atoms with van der Waals surface area (Å²) in [6, 6.07) is 32.1. The molecule has 0 amide bonds. The third-order valence-electron chi connectivity index (χ3n) is 11.9. The lowest BCUT2D eigenvalue weighted by Crippen LogP contribution is -2.62. The third-order valence-corrected chi connectivity index (χ3v) is 11.9. The third kappa shape index (κ3) is 8.30. The van der Waals surface area contributed by atoms with E-state index in [9.17, 15) is 14.4 Å². The van der Waals surface area contributed by atoms with Gasteiger partial charge in [-0.05, 0) is 122 Å².